The molecule has 1 amide bonds. The Kier molecular flexibility index (Phi) is 7.03. The van der Waals surface area contributed by atoms with E-state index in [0.717, 1.165) is 5.56 Å². The number of amides is 1. The van der Waals surface area contributed by atoms with Gasteiger partial charge in [0.15, 0.2) is 0 Å². The van der Waals surface area contributed by atoms with Crippen molar-refractivity contribution in [2.24, 2.45) is 5.73 Å². The van der Waals surface area contributed by atoms with Crippen LogP contribution in [-0.2, 0) is 17.6 Å². The van der Waals surface area contributed by atoms with E-state index in [2.05, 4.69) is 5.32 Å². The highest BCUT2D eigenvalue weighted by molar-refractivity contribution is 6.35. The highest BCUT2D eigenvalue weighted by atomic mass is 35.5. The van der Waals surface area contributed by atoms with E-state index in [4.69, 9.17) is 28.9 Å². The highest BCUT2D eigenvalue weighted by Crippen LogP contribution is 2.21. The summed E-state index contributed by atoms with van der Waals surface area (Å²) in [7, 11) is 0. The second-order valence-corrected chi connectivity index (χ2v) is 6.44. The topological polar surface area (TPSA) is 55.1 Å². The Morgan fingerprint density at radius 1 is 1.17 bits per heavy atom. The van der Waals surface area contributed by atoms with E-state index < -0.39 is 6.04 Å². The molecule has 1 atom stereocenters. The summed E-state index contributed by atoms with van der Waals surface area (Å²) in [5.74, 6) is -0.463. The van der Waals surface area contributed by atoms with Crippen LogP contribution >= 0.6 is 23.2 Å². The van der Waals surface area contributed by atoms with Crippen molar-refractivity contribution in [2.45, 2.75) is 25.3 Å². The zero-order valence-electron chi connectivity index (χ0n) is 13.1. The Balaban J connectivity index is 1.75. The van der Waals surface area contributed by atoms with E-state index in [-0.39, 0.29) is 18.1 Å². The van der Waals surface area contributed by atoms with E-state index in [9.17, 15) is 9.18 Å². The molecule has 0 saturated heterocycles. The summed E-state index contributed by atoms with van der Waals surface area (Å²) < 4.78 is 13.6. The number of hydrogen-bond acceptors (Lipinski definition) is 2. The molecule has 2 aromatic rings. The third-order valence-corrected chi connectivity index (χ3v) is 4.21. The molecule has 0 aromatic heterocycles. The fourth-order valence-electron chi connectivity index (χ4n) is 2.39. The number of hydrogen-bond donors (Lipinski definition) is 2. The van der Waals surface area contributed by atoms with Gasteiger partial charge in [0.05, 0.1) is 0 Å². The van der Waals surface area contributed by atoms with Crippen molar-refractivity contribution < 1.29 is 9.18 Å². The fourth-order valence-corrected chi connectivity index (χ4v) is 2.89. The van der Waals surface area contributed by atoms with E-state index >= 15 is 0 Å². The standard InChI is InChI=1S/C18H19Cl2FN2O/c19-14-6-5-12(16(20)10-14)7-8-23-18(24)11-15(22)9-13-3-1-2-4-17(13)21/h1-6,10,15H,7-9,11,22H2,(H,23,24)/t15-/m1/s1. The van der Waals surface area contributed by atoms with E-state index in [1.165, 1.54) is 6.07 Å². The number of halogens is 3. The molecule has 0 aliphatic rings. The van der Waals surface area contributed by atoms with Gasteiger partial charge in [-0.3, -0.25) is 4.79 Å². The minimum absolute atomic E-state index is 0.142. The van der Waals surface area contributed by atoms with Gasteiger partial charge >= 0.3 is 0 Å². The molecule has 0 bridgehead atoms. The smallest absolute Gasteiger partial charge is 0.221 e. The molecule has 3 N–H and O–H groups in total. The summed E-state index contributed by atoms with van der Waals surface area (Å²) in [5.41, 5.74) is 7.37. The van der Waals surface area contributed by atoms with Crippen LogP contribution in [0.15, 0.2) is 42.5 Å². The molecule has 0 aliphatic heterocycles. The lowest BCUT2D eigenvalue weighted by Gasteiger charge is -2.13. The second-order valence-electron chi connectivity index (χ2n) is 5.60. The average molecular weight is 369 g/mol. The third-order valence-electron chi connectivity index (χ3n) is 3.62. The number of carbonyl (C=O) groups is 1. The summed E-state index contributed by atoms with van der Waals surface area (Å²) in [6, 6.07) is 11.3. The predicted octanol–water partition coefficient (Wildman–Crippen LogP) is 3.75. The lowest BCUT2D eigenvalue weighted by atomic mass is 10.0. The molecule has 0 radical (unpaired) electrons. The van der Waals surface area contributed by atoms with Crippen LogP contribution in [0.5, 0.6) is 0 Å². The number of carbonyl (C=O) groups excluding carboxylic acids is 1. The van der Waals surface area contributed by atoms with Crippen LogP contribution < -0.4 is 11.1 Å². The van der Waals surface area contributed by atoms with E-state index in [0.29, 0.717) is 35.0 Å². The largest absolute Gasteiger partial charge is 0.356 e. The van der Waals surface area contributed by atoms with Gasteiger partial charge in [-0.15, -0.1) is 0 Å². The van der Waals surface area contributed by atoms with Gasteiger partial charge < -0.3 is 11.1 Å². The van der Waals surface area contributed by atoms with Gasteiger partial charge in [-0.25, -0.2) is 4.39 Å². The first-order valence-electron chi connectivity index (χ1n) is 7.65. The van der Waals surface area contributed by atoms with Crippen molar-refractivity contribution in [3.05, 3.63) is 69.5 Å². The molecule has 0 fully saturated rings. The quantitative estimate of drug-likeness (QED) is 0.781. The normalized spacial score (nSPS) is 12.0. The molecule has 2 aromatic carbocycles. The number of nitrogens with two attached hydrogens (primary N) is 1. The summed E-state index contributed by atoms with van der Waals surface area (Å²) in [4.78, 5) is 11.9. The molecule has 0 unspecified atom stereocenters. The Labute approximate surface area is 151 Å². The van der Waals surface area contributed by atoms with Crippen LogP contribution in [0.3, 0.4) is 0 Å². The molecule has 0 heterocycles. The summed E-state index contributed by atoms with van der Waals surface area (Å²) >= 11 is 11.9. The zero-order chi connectivity index (χ0) is 17.5. The van der Waals surface area contributed by atoms with Crippen LogP contribution in [0.2, 0.25) is 10.0 Å². The maximum atomic E-state index is 13.6. The van der Waals surface area contributed by atoms with Crippen molar-refractivity contribution in [1.29, 1.82) is 0 Å². The minimum Gasteiger partial charge on any atom is -0.356 e. The van der Waals surface area contributed by atoms with Crippen LogP contribution in [0, 0.1) is 5.82 Å². The van der Waals surface area contributed by atoms with Crippen LogP contribution in [-0.4, -0.2) is 18.5 Å². The lowest BCUT2D eigenvalue weighted by Crippen LogP contribution is -2.34. The van der Waals surface area contributed by atoms with E-state index in [1.807, 2.05) is 6.07 Å². The van der Waals surface area contributed by atoms with Crippen molar-refractivity contribution in [3.8, 4) is 0 Å². The number of nitrogens with one attached hydrogen (secondary N) is 1. The molecule has 0 aliphatic carbocycles. The summed E-state index contributed by atoms with van der Waals surface area (Å²) in [6.45, 7) is 0.451. The molecular weight excluding hydrogens is 350 g/mol. The Bertz CT molecular complexity index is 709. The summed E-state index contributed by atoms with van der Waals surface area (Å²) in [5, 5.41) is 3.95. The first-order chi connectivity index (χ1) is 11.5. The van der Waals surface area contributed by atoms with Gasteiger partial charge in [0.2, 0.25) is 5.91 Å². The number of benzene rings is 2. The van der Waals surface area contributed by atoms with E-state index in [1.54, 1.807) is 30.3 Å². The van der Waals surface area contributed by atoms with Crippen LogP contribution in [0.4, 0.5) is 4.39 Å². The van der Waals surface area contributed by atoms with Crippen LogP contribution in [0.1, 0.15) is 17.5 Å². The molecule has 6 heteroatoms. The first kappa shape index (κ1) is 18.7. The van der Waals surface area contributed by atoms with Crippen LogP contribution in [0.25, 0.3) is 0 Å². The average Bonchev–Trinajstić information content (AvgIpc) is 2.51. The Hall–Kier alpha value is -1.62. The predicted molar refractivity (Wildman–Crippen MR) is 95.9 cm³/mol. The van der Waals surface area contributed by atoms with Crippen molar-refractivity contribution in [1.82, 2.24) is 5.32 Å². The highest BCUT2D eigenvalue weighted by Gasteiger charge is 2.12. The minimum atomic E-state index is -0.430. The molecular formula is C18H19Cl2FN2O. The molecule has 24 heavy (non-hydrogen) atoms. The Morgan fingerprint density at radius 2 is 1.92 bits per heavy atom. The summed E-state index contributed by atoms with van der Waals surface area (Å²) in [6.07, 6.45) is 1.07. The van der Waals surface area contributed by atoms with Gasteiger partial charge in [0.1, 0.15) is 5.82 Å². The Morgan fingerprint density at radius 3 is 2.62 bits per heavy atom. The maximum Gasteiger partial charge on any atom is 0.221 e. The fraction of sp³-hybridized carbons (Fsp3) is 0.278. The first-order valence-corrected chi connectivity index (χ1v) is 8.41. The molecule has 0 saturated carbocycles. The van der Waals surface area contributed by atoms with Crippen molar-refractivity contribution in [3.63, 3.8) is 0 Å². The van der Waals surface area contributed by atoms with Crippen molar-refractivity contribution in [2.75, 3.05) is 6.54 Å². The third kappa shape index (κ3) is 5.78. The zero-order valence-corrected chi connectivity index (χ0v) is 14.6. The van der Waals surface area contributed by atoms with Crippen molar-refractivity contribution >= 4 is 29.1 Å². The van der Waals surface area contributed by atoms with Gasteiger partial charge in [0.25, 0.3) is 0 Å². The lowest BCUT2D eigenvalue weighted by molar-refractivity contribution is -0.121. The molecule has 2 rings (SSSR count). The van der Waals surface area contributed by atoms with Gasteiger partial charge in [-0.05, 0) is 42.2 Å². The molecule has 3 nitrogen and oxygen atoms in total. The van der Waals surface area contributed by atoms with Gasteiger partial charge in [0, 0.05) is 29.1 Å². The maximum absolute atomic E-state index is 13.6. The van der Waals surface area contributed by atoms with Gasteiger partial charge in [-0.2, -0.15) is 0 Å². The monoisotopic (exact) mass is 368 g/mol. The second kappa shape index (κ2) is 9.02. The molecule has 0 spiro atoms. The molecule has 128 valence electrons. The van der Waals surface area contributed by atoms with Gasteiger partial charge in [-0.1, -0.05) is 47.5 Å². The number of rotatable bonds is 7. The SMILES string of the molecule is N[C@@H](CC(=O)NCCc1ccc(Cl)cc1Cl)Cc1ccccc1F.